The molecule has 3 N–H and O–H groups in total. The highest BCUT2D eigenvalue weighted by Crippen LogP contribution is 2.19. The lowest BCUT2D eigenvalue weighted by Gasteiger charge is -2.08. The van der Waals surface area contributed by atoms with Crippen molar-refractivity contribution >= 4 is 11.6 Å². The third-order valence-electron chi connectivity index (χ3n) is 2.04. The summed E-state index contributed by atoms with van der Waals surface area (Å²) in [4.78, 5) is 11.3. The molecule has 1 aromatic rings. The highest BCUT2D eigenvalue weighted by molar-refractivity contribution is 5.94. The van der Waals surface area contributed by atoms with Gasteiger partial charge in [-0.2, -0.15) is 13.2 Å². The summed E-state index contributed by atoms with van der Waals surface area (Å²) in [6.07, 6.45) is -5.64. The summed E-state index contributed by atoms with van der Waals surface area (Å²) in [6, 6.07) is 1.31. The van der Waals surface area contributed by atoms with E-state index in [9.17, 15) is 26.7 Å². The zero-order chi connectivity index (χ0) is 13.9. The van der Waals surface area contributed by atoms with E-state index >= 15 is 0 Å². The average molecular weight is 268 g/mol. The first-order valence-electron chi connectivity index (χ1n) is 4.80. The number of nitrogens with one attached hydrogen (secondary N) is 1. The number of carbonyl (C=O) groups is 1. The maximum Gasteiger partial charge on any atom is 0.390 e. The van der Waals surface area contributed by atoms with Crippen LogP contribution in [-0.2, 0) is 0 Å². The predicted molar refractivity (Wildman–Crippen MR) is 53.8 cm³/mol. The molecule has 0 atom stereocenters. The van der Waals surface area contributed by atoms with E-state index in [-0.39, 0.29) is 0 Å². The molecule has 100 valence electrons. The Bertz CT molecular complexity index is 435. The van der Waals surface area contributed by atoms with Crippen LogP contribution in [0.4, 0.5) is 27.6 Å². The normalized spacial score (nSPS) is 11.4. The van der Waals surface area contributed by atoms with E-state index in [0.29, 0.717) is 12.1 Å². The Morgan fingerprint density at radius 2 is 1.72 bits per heavy atom. The van der Waals surface area contributed by atoms with Crippen LogP contribution < -0.4 is 11.1 Å². The molecule has 1 rings (SSSR count). The van der Waals surface area contributed by atoms with Gasteiger partial charge in [-0.15, -0.1) is 0 Å². The molecular formula is C10H9F5N2O. The molecule has 1 aromatic carbocycles. The van der Waals surface area contributed by atoms with Crippen LogP contribution in [0.3, 0.4) is 0 Å². The van der Waals surface area contributed by atoms with Gasteiger partial charge in [0.05, 0.1) is 6.42 Å². The zero-order valence-corrected chi connectivity index (χ0v) is 8.94. The van der Waals surface area contributed by atoms with Crippen molar-refractivity contribution in [2.24, 2.45) is 0 Å². The average Bonchev–Trinajstić information content (AvgIpc) is 2.23. The number of hydrogen-bond acceptors (Lipinski definition) is 2. The standard InChI is InChI=1S/C10H9F5N2O/c11-6-3-5(4-7(12)8(6)16)9(18)17-2-1-10(13,14)15/h3-4H,1-2,16H2,(H,17,18). The number of nitrogen functional groups attached to an aromatic ring is 1. The van der Waals surface area contributed by atoms with E-state index in [2.05, 4.69) is 0 Å². The van der Waals surface area contributed by atoms with Crippen LogP contribution in [0.25, 0.3) is 0 Å². The van der Waals surface area contributed by atoms with Crippen LogP contribution >= 0.6 is 0 Å². The second-order valence-electron chi connectivity index (χ2n) is 3.47. The summed E-state index contributed by atoms with van der Waals surface area (Å²) in [7, 11) is 0. The molecule has 0 saturated carbocycles. The molecule has 18 heavy (non-hydrogen) atoms. The van der Waals surface area contributed by atoms with Gasteiger partial charge in [-0.1, -0.05) is 0 Å². The minimum atomic E-state index is -4.41. The van der Waals surface area contributed by atoms with Crippen molar-refractivity contribution in [2.45, 2.75) is 12.6 Å². The van der Waals surface area contributed by atoms with Crippen molar-refractivity contribution in [3.8, 4) is 0 Å². The lowest BCUT2D eigenvalue weighted by molar-refractivity contribution is -0.132. The van der Waals surface area contributed by atoms with Gasteiger partial charge >= 0.3 is 6.18 Å². The highest BCUT2D eigenvalue weighted by Gasteiger charge is 2.26. The molecule has 0 bridgehead atoms. The Morgan fingerprint density at radius 3 is 2.17 bits per heavy atom. The third-order valence-corrected chi connectivity index (χ3v) is 2.04. The molecular weight excluding hydrogens is 259 g/mol. The maximum atomic E-state index is 13.0. The lowest BCUT2D eigenvalue weighted by Crippen LogP contribution is -2.28. The van der Waals surface area contributed by atoms with Gasteiger partial charge in [0.2, 0.25) is 0 Å². The molecule has 0 unspecified atom stereocenters. The number of benzene rings is 1. The van der Waals surface area contributed by atoms with E-state index in [1.807, 2.05) is 5.32 Å². The number of rotatable bonds is 3. The molecule has 0 aliphatic heterocycles. The van der Waals surface area contributed by atoms with Crippen LogP contribution in [-0.4, -0.2) is 18.6 Å². The SMILES string of the molecule is Nc1c(F)cc(C(=O)NCCC(F)(F)F)cc1F. The molecule has 0 aliphatic carbocycles. The summed E-state index contributed by atoms with van der Waals surface area (Å²) >= 11 is 0. The second-order valence-corrected chi connectivity index (χ2v) is 3.47. The van der Waals surface area contributed by atoms with Gasteiger partial charge in [0.15, 0.2) is 0 Å². The molecule has 0 spiro atoms. The van der Waals surface area contributed by atoms with E-state index in [4.69, 9.17) is 5.73 Å². The topological polar surface area (TPSA) is 55.1 Å². The zero-order valence-electron chi connectivity index (χ0n) is 8.94. The van der Waals surface area contributed by atoms with Crippen molar-refractivity contribution in [3.63, 3.8) is 0 Å². The van der Waals surface area contributed by atoms with Crippen LogP contribution in [0.1, 0.15) is 16.8 Å². The van der Waals surface area contributed by atoms with E-state index in [1.54, 1.807) is 0 Å². The van der Waals surface area contributed by atoms with Crippen LogP contribution in [0.2, 0.25) is 0 Å². The van der Waals surface area contributed by atoms with Gasteiger partial charge in [-0.3, -0.25) is 4.79 Å². The summed E-state index contributed by atoms with van der Waals surface area (Å²) in [5, 5.41) is 1.90. The smallest absolute Gasteiger partial charge is 0.390 e. The molecule has 1 amide bonds. The number of alkyl halides is 3. The van der Waals surface area contributed by atoms with Crippen molar-refractivity contribution in [2.75, 3.05) is 12.3 Å². The van der Waals surface area contributed by atoms with Gasteiger partial charge in [-0.25, -0.2) is 8.78 Å². The van der Waals surface area contributed by atoms with Gasteiger partial charge < -0.3 is 11.1 Å². The molecule has 0 fully saturated rings. The largest absolute Gasteiger partial charge is 0.394 e. The van der Waals surface area contributed by atoms with Crippen LogP contribution in [0.5, 0.6) is 0 Å². The summed E-state index contributed by atoms with van der Waals surface area (Å²) < 4.78 is 61.4. The van der Waals surface area contributed by atoms with Gasteiger partial charge in [0.25, 0.3) is 5.91 Å². The first-order valence-corrected chi connectivity index (χ1v) is 4.80. The van der Waals surface area contributed by atoms with Crippen LogP contribution in [0.15, 0.2) is 12.1 Å². The number of hydrogen-bond donors (Lipinski definition) is 2. The Morgan fingerprint density at radius 1 is 1.22 bits per heavy atom. The molecule has 0 aromatic heterocycles. The fourth-order valence-electron chi connectivity index (χ4n) is 1.14. The van der Waals surface area contributed by atoms with E-state index < -0.39 is 47.9 Å². The third kappa shape index (κ3) is 3.86. The minimum Gasteiger partial charge on any atom is -0.394 e. The molecule has 0 radical (unpaired) electrons. The fourth-order valence-corrected chi connectivity index (χ4v) is 1.14. The Hall–Kier alpha value is -1.86. The predicted octanol–water partition coefficient (Wildman–Crippen LogP) is 2.23. The Balaban J connectivity index is 2.68. The number of halogens is 5. The first kappa shape index (κ1) is 14.2. The number of amides is 1. The highest BCUT2D eigenvalue weighted by atomic mass is 19.4. The lowest BCUT2D eigenvalue weighted by atomic mass is 10.1. The number of carbonyl (C=O) groups excluding carboxylic acids is 1. The van der Waals surface area contributed by atoms with Gasteiger partial charge in [-0.05, 0) is 12.1 Å². The Kier molecular flexibility index (Phi) is 4.10. The van der Waals surface area contributed by atoms with Crippen molar-refractivity contribution in [1.29, 1.82) is 0 Å². The van der Waals surface area contributed by atoms with Gasteiger partial charge in [0.1, 0.15) is 17.3 Å². The molecule has 0 heterocycles. The monoisotopic (exact) mass is 268 g/mol. The summed E-state index contributed by atoms with van der Waals surface area (Å²) in [5.41, 5.74) is 3.80. The molecule has 8 heteroatoms. The van der Waals surface area contributed by atoms with E-state index in [1.165, 1.54) is 0 Å². The first-order chi connectivity index (χ1) is 8.20. The van der Waals surface area contributed by atoms with Crippen LogP contribution in [0, 0.1) is 11.6 Å². The molecule has 0 saturated heterocycles. The molecule has 0 aliphatic rings. The Labute approximate surface area is 98.8 Å². The summed E-state index contributed by atoms with van der Waals surface area (Å²) in [5.74, 6) is -3.29. The van der Waals surface area contributed by atoms with Crippen molar-refractivity contribution in [3.05, 3.63) is 29.3 Å². The number of anilines is 1. The van der Waals surface area contributed by atoms with Crippen molar-refractivity contribution in [1.82, 2.24) is 5.32 Å². The summed E-state index contributed by atoms with van der Waals surface area (Å²) in [6.45, 7) is -0.671. The minimum absolute atomic E-state index is 0.429. The van der Waals surface area contributed by atoms with Crippen molar-refractivity contribution < 1.29 is 26.7 Å². The second kappa shape index (κ2) is 5.19. The van der Waals surface area contributed by atoms with E-state index in [0.717, 1.165) is 0 Å². The quantitative estimate of drug-likeness (QED) is 0.652. The number of nitrogens with two attached hydrogens (primary N) is 1. The van der Waals surface area contributed by atoms with Gasteiger partial charge in [0, 0.05) is 12.1 Å². The molecule has 3 nitrogen and oxygen atoms in total. The maximum absolute atomic E-state index is 13.0. The fraction of sp³-hybridized carbons (Fsp3) is 0.300.